The van der Waals surface area contributed by atoms with Gasteiger partial charge >= 0.3 is 6.03 Å². The Morgan fingerprint density at radius 2 is 1.83 bits per heavy atom. The molecular weight excluding hydrogens is 224 g/mol. The van der Waals surface area contributed by atoms with Crippen molar-refractivity contribution in [2.45, 2.75) is 52.0 Å². The average molecular weight is 248 g/mol. The van der Waals surface area contributed by atoms with E-state index in [4.69, 9.17) is 5.73 Å². The van der Waals surface area contributed by atoms with Gasteiger partial charge < -0.3 is 5.73 Å². The first-order valence-electron chi connectivity index (χ1n) is 6.84. The summed E-state index contributed by atoms with van der Waals surface area (Å²) in [6, 6.07) is 9.58. The smallest absolute Gasteiger partial charge is 0.319 e. The summed E-state index contributed by atoms with van der Waals surface area (Å²) in [5.74, 6) is 0. The van der Waals surface area contributed by atoms with Crippen LogP contribution in [0.4, 0.5) is 10.5 Å². The molecule has 0 aliphatic rings. The summed E-state index contributed by atoms with van der Waals surface area (Å²) < 4.78 is 0. The van der Waals surface area contributed by atoms with Crippen LogP contribution in [0.1, 0.15) is 46.0 Å². The number of carbonyl (C=O) groups is 1. The van der Waals surface area contributed by atoms with Gasteiger partial charge in [-0.2, -0.15) is 0 Å². The number of carbonyl (C=O) groups excluding carboxylic acids is 1. The number of para-hydroxylation sites is 1. The van der Waals surface area contributed by atoms with Crippen LogP contribution in [0.2, 0.25) is 0 Å². The van der Waals surface area contributed by atoms with E-state index in [2.05, 4.69) is 13.8 Å². The lowest BCUT2D eigenvalue weighted by Crippen LogP contribution is -2.43. The van der Waals surface area contributed by atoms with Crippen LogP contribution >= 0.6 is 0 Å². The van der Waals surface area contributed by atoms with Gasteiger partial charge in [0.2, 0.25) is 0 Å². The molecule has 18 heavy (non-hydrogen) atoms. The van der Waals surface area contributed by atoms with Crippen LogP contribution < -0.4 is 10.6 Å². The van der Waals surface area contributed by atoms with E-state index in [1.54, 1.807) is 4.90 Å². The predicted octanol–water partition coefficient (Wildman–Crippen LogP) is 3.93. The van der Waals surface area contributed by atoms with Crippen LogP contribution in [0.5, 0.6) is 0 Å². The SMILES string of the molecule is CCCCC(CCC)N(C(N)=O)c1ccccc1. The van der Waals surface area contributed by atoms with Crippen molar-refractivity contribution in [1.29, 1.82) is 0 Å². The third-order valence-corrected chi connectivity index (χ3v) is 3.15. The van der Waals surface area contributed by atoms with E-state index in [-0.39, 0.29) is 12.1 Å². The van der Waals surface area contributed by atoms with Gasteiger partial charge in [0, 0.05) is 11.7 Å². The van der Waals surface area contributed by atoms with Crippen molar-refractivity contribution >= 4 is 11.7 Å². The highest BCUT2D eigenvalue weighted by Crippen LogP contribution is 2.22. The number of hydrogen-bond acceptors (Lipinski definition) is 1. The fraction of sp³-hybridized carbons (Fsp3) is 0.533. The molecule has 1 aromatic carbocycles. The molecule has 0 spiro atoms. The molecule has 0 bridgehead atoms. The van der Waals surface area contributed by atoms with Crippen molar-refractivity contribution < 1.29 is 4.79 Å². The van der Waals surface area contributed by atoms with Crippen molar-refractivity contribution in [3.05, 3.63) is 30.3 Å². The molecule has 0 aliphatic heterocycles. The molecule has 3 nitrogen and oxygen atoms in total. The molecule has 1 rings (SSSR count). The summed E-state index contributed by atoms with van der Waals surface area (Å²) in [6.45, 7) is 4.31. The lowest BCUT2D eigenvalue weighted by Gasteiger charge is -2.30. The van der Waals surface area contributed by atoms with Crippen LogP contribution in [0, 0.1) is 0 Å². The molecule has 2 amide bonds. The maximum Gasteiger partial charge on any atom is 0.319 e. The Bertz CT molecular complexity index is 351. The Kier molecular flexibility index (Phi) is 6.26. The van der Waals surface area contributed by atoms with E-state index < -0.39 is 0 Å². The van der Waals surface area contributed by atoms with Gasteiger partial charge in [0.15, 0.2) is 0 Å². The van der Waals surface area contributed by atoms with Gasteiger partial charge in [-0.3, -0.25) is 4.90 Å². The molecule has 0 fully saturated rings. The van der Waals surface area contributed by atoms with Gasteiger partial charge in [0.25, 0.3) is 0 Å². The molecule has 0 aliphatic carbocycles. The van der Waals surface area contributed by atoms with Crippen molar-refractivity contribution in [1.82, 2.24) is 0 Å². The molecule has 0 radical (unpaired) electrons. The van der Waals surface area contributed by atoms with Crippen molar-refractivity contribution in [2.75, 3.05) is 4.90 Å². The normalized spacial score (nSPS) is 12.1. The topological polar surface area (TPSA) is 46.3 Å². The monoisotopic (exact) mass is 248 g/mol. The average Bonchev–Trinajstić information content (AvgIpc) is 2.37. The number of nitrogens with zero attached hydrogens (tertiary/aromatic N) is 1. The first-order chi connectivity index (χ1) is 8.70. The predicted molar refractivity (Wildman–Crippen MR) is 76.7 cm³/mol. The molecule has 100 valence electrons. The lowest BCUT2D eigenvalue weighted by molar-refractivity contribution is 0.250. The van der Waals surface area contributed by atoms with Gasteiger partial charge in [-0.05, 0) is 25.0 Å². The summed E-state index contributed by atoms with van der Waals surface area (Å²) in [5, 5.41) is 0. The zero-order valence-corrected chi connectivity index (χ0v) is 11.4. The number of unbranched alkanes of at least 4 members (excludes halogenated alkanes) is 1. The second-order valence-electron chi connectivity index (χ2n) is 4.63. The molecule has 3 heteroatoms. The van der Waals surface area contributed by atoms with Crippen molar-refractivity contribution in [3.63, 3.8) is 0 Å². The number of urea groups is 1. The Morgan fingerprint density at radius 3 is 2.33 bits per heavy atom. The highest BCUT2D eigenvalue weighted by Gasteiger charge is 2.22. The minimum Gasteiger partial charge on any atom is -0.351 e. The fourth-order valence-electron chi connectivity index (χ4n) is 2.28. The van der Waals surface area contributed by atoms with Crippen LogP contribution in [-0.2, 0) is 0 Å². The number of benzene rings is 1. The van der Waals surface area contributed by atoms with Gasteiger partial charge in [-0.15, -0.1) is 0 Å². The van der Waals surface area contributed by atoms with E-state index in [9.17, 15) is 4.79 Å². The largest absolute Gasteiger partial charge is 0.351 e. The van der Waals surface area contributed by atoms with E-state index >= 15 is 0 Å². The first kappa shape index (κ1) is 14.6. The molecule has 0 saturated heterocycles. The first-order valence-corrected chi connectivity index (χ1v) is 6.84. The summed E-state index contributed by atoms with van der Waals surface area (Å²) in [6.07, 6.45) is 5.34. The molecule has 0 aromatic heterocycles. The molecular formula is C15H24N2O. The number of nitrogens with two attached hydrogens (primary N) is 1. The number of anilines is 1. The highest BCUT2D eigenvalue weighted by atomic mass is 16.2. The molecule has 0 heterocycles. The Morgan fingerprint density at radius 1 is 1.17 bits per heavy atom. The maximum absolute atomic E-state index is 11.7. The number of amides is 2. The van der Waals surface area contributed by atoms with E-state index in [0.717, 1.165) is 37.8 Å². The second-order valence-corrected chi connectivity index (χ2v) is 4.63. The second kappa shape index (κ2) is 7.75. The molecule has 0 saturated carbocycles. The van der Waals surface area contributed by atoms with E-state index in [1.165, 1.54) is 0 Å². The van der Waals surface area contributed by atoms with Crippen molar-refractivity contribution in [3.8, 4) is 0 Å². The van der Waals surface area contributed by atoms with Crippen LogP contribution in [0.3, 0.4) is 0 Å². The standard InChI is InChI=1S/C15H24N2O/c1-3-5-10-13(9-4-2)17(15(16)18)14-11-7-6-8-12-14/h6-8,11-13H,3-5,9-10H2,1-2H3,(H2,16,18). The zero-order chi connectivity index (χ0) is 13.4. The fourth-order valence-corrected chi connectivity index (χ4v) is 2.28. The Balaban J connectivity index is 2.90. The Labute approximate surface area is 110 Å². The number of hydrogen-bond donors (Lipinski definition) is 1. The number of primary amides is 1. The van der Waals surface area contributed by atoms with Crippen molar-refractivity contribution in [2.24, 2.45) is 5.73 Å². The summed E-state index contributed by atoms with van der Waals surface area (Å²) in [4.78, 5) is 13.5. The summed E-state index contributed by atoms with van der Waals surface area (Å²) in [7, 11) is 0. The van der Waals surface area contributed by atoms with Gasteiger partial charge in [0.05, 0.1) is 0 Å². The molecule has 1 atom stereocenters. The number of rotatable bonds is 7. The van der Waals surface area contributed by atoms with Crippen LogP contribution in [0.15, 0.2) is 30.3 Å². The van der Waals surface area contributed by atoms with E-state index in [0.29, 0.717) is 0 Å². The minimum absolute atomic E-state index is 0.217. The molecule has 1 aromatic rings. The third kappa shape index (κ3) is 4.06. The summed E-state index contributed by atoms with van der Waals surface area (Å²) >= 11 is 0. The van der Waals surface area contributed by atoms with Crippen LogP contribution in [-0.4, -0.2) is 12.1 Å². The minimum atomic E-state index is -0.351. The molecule has 2 N–H and O–H groups in total. The van der Waals surface area contributed by atoms with E-state index in [1.807, 2.05) is 30.3 Å². The summed E-state index contributed by atoms with van der Waals surface area (Å²) in [5.41, 5.74) is 6.46. The zero-order valence-electron chi connectivity index (χ0n) is 11.4. The highest BCUT2D eigenvalue weighted by molar-refractivity contribution is 5.91. The molecule has 1 unspecified atom stereocenters. The van der Waals surface area contributed by atoms with Crippen LogP contribution in [0.25, 0.3) is 0 Å². The quantitative estimate of drug-likeness (QED) is 0.780. The maximum atomic E-state index is 11.7. The Hall–Kier alpha value is -1.51. The van der Waals surface area contributed by atoms with Gasteiger partial charge in [-0.1, -0.05) is 51.3 Å². The van der Waals surface area contributed by atoms with Gasteiger partial charge in [0.1, 0.15) is 0 Å². The van der Waals surface area contributed by atoms with Gasteiger partial charge in [-0.25, -0.2) is 4.79 Å². The third-order valence-electron chi connectivity index (χ3n) is 3.15. The lowest BCUT2D eigenvalue weighted by atomic mass is 10.0.